The predicted molar refractivity (Wildman–Crippen MR) is 99.2 cm³/mol. The molecule has 0 amide bonds. The van der Waals surface area contributed by atoms with Crippen molar-refractivity contribution in [3.05, 3.63) is 60.2 Å². The molecule has 0 aliphatic rings. The van der Waals surface area contributed by atoms with E-state index in [1.807, 2.05) is 24.3 Å². The first-order chi connectivity index (χ1) is 13.2. The Balaban J connectivity index is 1.55. The highest BCUT2D eigenvalue weighted by molar-refractivity contribution is 7.19. The van der Waals surface area contributed by atoms with Gasteiger partial charge >= 0.3 is 0 Å². The standard InChI is InChI=1S/C19H13FN4O2S/c1-2-10-25-16-5-3-4-13(11-16)18-23-24-17(21-22-19(24)27-18)12-26-15-8-6-14(20)7-9-15/h1,3-9,11H,10,12H2. The maximum atomic E-state index is 13.0. The fourth-order valence-electron chi connectivity index (χ4n) is 2.39. The molecule has 27 heavy (non-hydrogen) atoms. The summed E-state index contributed by atoms with van der Waals surface area (Å²) in [6.07, 6.45) is 5.22. The van der Waals surface area contributed by atoms with Gasteiger partial charge in [0.15, 0.2) is 5.82 Å². The van der Waals surface area contributed by atoms with Gasteiger partial charge in [0.1, 0.15) is 35.5 Å². The molecule has 0 bridgehead atoms. The fraction of sp³-hybridized carbons (Fsp3) is 0.105. The molecule has 134 valence electrons. The largest absolute Gasteiger partial charge is 0.486 e. The second-order valence-corrected chi connectivity index (χ2v) is 6.44. The molecule has 0 saturated carbocycles. The van der Waals surface area contributed by atoms with Crippen molar-refractivity contribution in [1.82, 2.24) is 19.8 Å². The highest BCUT2D eigenvalue weighted by atomic mass is 32.1. The van der Waals surface area contributed by atoms with E-state index in [1.165, 1.54) is 23.5 Å². The van der Waals surface area contributed by atoms with Crippen LogP contribution in [0.2, 0.25) is 0 Å². The number of ether oxygens (including phenoxy) is 2. The summed E-state index contributed by atoms with van der Waals surface area (Å²) in [5.74, 6) is 3.90. The van der Waals surface area contributed by atoms with E-state index in [0.29, 0.717) is 22.3 Å². The van der Waals surface area contributed by atoms with Crippen molar-refractivity contribution >= 4 is 16.3 Å². The predicted octanol–water partition coefficient (Wildman–Crippen LogP) is 3.58. The number of rotatable bonds is 6. The van der Waals surface area contributed by atoms with Gasteiger partial charge in [-0.1, -0.05) is 29.4 Å². The van der Waals surface area contributed by atoms with E-state index in [-0.39, 0.29) is 19.0 Å². The summed E-state index contributed by atoms with van der Waals surface area (Å²) < 4.78 is 25.7. The van der Waals surface area contributed by atoms with Gasteiger partial charge in [-0.25, -0.2) is 4.39 Å². The number of terminal acetylenes is 1. The van der Waals surface area contributed by atoms with Crippen molar-refractivity contribution in [2.24, 2.45) is 0 Å². The third-order valence-corrected chi connectivity index (χ3v) is 4.59. The first-order valence-corrected chi connectivity index (χ1v) is 8.81. The van der Waals surface area contributed by atoms with E-state index in [0.717, 1.165) is 10.6 Å². The maximum absolute atomic E-state index is 13.0. The van der Waals surface area contributed by atoms with E-state index in [4.69, 9.17) is 15.9 Å². The molecule has 8 heteroatoms. The Labute approximate surface area is 158 Å². The average molecular weight is 380 g/mol. The quantitative estimate of drug-likeness (QED) is 0.479. The van der Waals surface area contributed by atoms with Crippen molar-refractivity contribution in [2.45, 2.75) is 6.61 Å². The number of benzene rings is 2. The fourth-order valence-corrected chi connectivity index (χ4v) is 3.24. The smallest absolute Gasteiger partial charge is 0.235 e. The van der Waals surface area contributed by atoms with Gasteiger partial charge in [-0.3, -0.25) is 0 Å². The summed E-state index contributed by atoms with van der Waals surface area (Å²) in [4.78, 5) is 0.651. The van der Waals surface area contributed by atoms with Crippen LogP contribution in [0.4, 0.5) is 4.39 Å². The van der Waals surface area contributed by atoms with E-state index in [2.05, 4.69) is 21.2 Å². The molecule has 2 aromatic heterocycles. The monoisotopic (exact) mass is 380 g/mol. The second-order valence-electron chi connectivity index (χ2n) is 5.48. The lowest BCUT2D eigenvalue weighted by Gasteiger charge is -2.04. The summed E-state index contributed by atoms with van der Waals surface area (Å²) in [6, 6.07) is 13.3. The van der Waals surface area contributed by atoms with Gasteiger partial charge in [0.25, 0.3) is 0 Å². The number of hydrogen-bond acceptors (Lipinski definition) is 6. The lowest BCUT2D eigenvalue weighted by molar-refractivity contribution is 0.292. The molecule has 0 aliphatic heterocycles. The molecule has 0 radical (unpaired) electrons. The van der Waals surface area contributed by atoms with Crippen LogP contribution in [0.3, 0.4) is 0 Å². The Bertz CT molecular complexity index is 1110. The van der Waals surface area contributed by atoms with Gasteiger partial charge in [-0.15, -0.1) is 16.6 Å². The molecule has 2 heterocycles. The topological polar surface area (TPSA) is 61.5 Å². The minimum atomic E-state index is -0.315. The van der Waals surface area contributed by atoms with Crippen molar-refractivity contribution in [2.75, 3.05) is 6.61 Å². The SMILES string of the molecule is C#CCOc1cccc(-c2nn3c(COc4ccc(F)cc4)nnc3s2)c1. The Morgan fingerprint density at radius 2 is 1.93 bits per heavy atom. The van der Waals surface area contributed by atoms with Gasteiger partial charge in [-0.05, 0) is 36.4 Å². The highest BCUT2D eigenvalue weighted by Crippen LogP contribution is 2.28. The number of fused-ring (bicyclic) bond motifs is 1. The van der Waals surface area contributed by atoms with Crippen LogP contribution in [0, 0.1) is 18.2 Å². The zero-order valence-electron chi connectivity index (χ0n) is 14.0. The average Bonchev–Trinajstić information content (AvgIpc) is 3.27. The molecule has 6 nitrogen and oxygen atoms in total. The number of hydrogen-bond donors (Lipinski definition) is 0. The van der Waals surface area contributed by atoms with Crippen LogP contribution in [0.5, 0.6) is 11.5 Å². The highest BCUT2D eigenvalue weighted by Gasteiger charge is 2.14. The number of halogens is 1. The molecule has 4 rings (SSSR count). The van der Waals surface area contributed by atoms with Crippen LogP contribution in [0.25, 0.3) is 15.5 Å². The molecule has 0 unspecified atom stereocenters. The first kappa shape index (κ1) is 17.0. The minimum Gasteiger partial charge on any atom is -0.486 e. The summed E-state index contributed by atoms with van der Waals surface area (Å²) in [5.41, 5.74) is 0.894. The molecule has 4 aromatic rings. The molecule has 0 fully saturated rings. The third-order valence-electron chi connectivity index (χ3n) is 3.64. The molecular weight excluding hydrogens is 367 g/mol. The summed E-state index contributed by atoms with van der Waals surface area (Å²) in [5, 5.41) is 13.6. The van der Waals surface area contributed by atoms with E-state index in [1.54, 1.807) is 16.6 Å². The van der Waals surface area contributed by atoms with Crippen LogP contribution < -0.4 is 9.47 Å². The number of aromatic nitrogens is 4. The molecule has 0 saturated heterocycles. The van der Waals surface area contributed by atoms with Crippen LogP contribution >= 0.6 is 11.3 Å². The van der Waals surface area contributed by atoms with Gasteiger partial charge in [0, 0.05) is 5.56 Å². The Morgan fingerprint density at radius 1 is 1.07 bits per heavy atom. The lowest BCUT2D eigenvalue weighted by Crippen LogP contribution is -2.02. The van der Waals surface area contributed by atoms with E-state index in [9.17, 15) is 4.39 Å². The van der Waals surface area contributed by atoms with Crippen LogP contribution in [-0.4, -0.2) is 26.4 Å². The van der Waals surface area contributed by atoms with Gasteiger partial charge in [-0.2, -0.15) is 9.61 Å². The Morgan fingerprint density at radius 3 is 2.74 bits per heavy atom. The summed E-state index contributed by atoms with van der Waals surface area (Å²) >= 11 is 1.40. The van der Waals surface area contributed by atoms with E-state index >= 15 is 0 Å². The molecular formula is C19H13FN4O2S. The minimum absolute atomic E-state index is 0.168. The summed E-state index contributed by atoms with van der Waals surface area (Å²) in [6.45, 7) is 0.376. The molecule has 0 spiro atoms. The van der Waals surface area contributed by atoms with Crippen molar-refractivity contribution in [1.29, 1.82) is 0 Å². The maximum Gasteiger partial charge on any atom is 0.235 e. The Kier molecular flexibility index (Phi) is 4.68. The third kappa shape index (κ3) is 3.73. The first-order valence-electron chi connectivity index (χ1n) is 7.99. The van der Waals surface area contributed by atoms with Gasteiger partial charge < -0.3 is 9.47 Å². The lowest BCUT2D eigenvalue weighted by atomic mass is 10.2. The normalized spacial score (nSPS) is 10.7. The van der Waals surface area contributed by atoms with Gasteiger partial charge in [0.05, 0.1) is 0 Å². The molecule has 2 aromatic carbocycles. The van der Waals surface area contributed by atoms with Crippen LogP contribution in [0.1, 0.15) is 5.82 Å². The molecule has 0 atom stereocenters. The zero-order valence-corrected chi connectivity index (χ0v) is 14.8. The second kappa shape index (κ2) is 7.43. The summed E-state index contributed by atoms with van der Waals surface area (Å²) in [7, 11) is 0. The Hall–Kier alpha value is -3.44. The van der Waals surface area contributed by atoms with Crippen molar-refractivity contribution < 1.29 is 13.9 Å². The number of nitrogens with zero attached hydrogens (tertiary/aromatic N) is 4. The van der Waals surface area contributed by atoms with Crippen LogP contribution in [-0.2, 0) is 6.61 Å². The van der Waals surface area contributed by atoms with Gasteiger partial charge in [0.2, 0.25) is 4.96 Å². The van der Waals surface area contributed by atoms with E-state index < -0.39 is 0 Å². The van der Waals surface area contributed by atoms with Crippen LogP contribution in [0.15, 0.2) is 48.5 Å². The van der Waals surface area contributed by atoms with Crippen molar-refractivity contribution in [3.63, 3.8) is 0 Å². The molecule has 0 aliphatic carbocycles. The zero-order chi connectivity index (χ0) is 18.6. The molecule has 0 N–H and O–H groups in total. The van der Waals surface area contributed by atoms with Crippen molar-refractivity contribution in [3.8, 4) is 34.4 Å².